The highest BCUT2D eigenvalue weighted by Gasteiger charge is 2.51. The van der Waals surface area contributed by atoms with Gasteiger partial charge in [0.05, 0.1) is 13.1 Å². The van der Waals surface area contributed by atoms with Crippen molar-refractivity contribution < 1.29 is 19.5 Å². The molecule has 0 radical (unpaired) electrons. The predicted molar refractivity (Wildman–Crippen MR) is 199 cm³/mol. The van der Waals surface area contributed by atoms with E-state index in [0.717, 1.165) is 81.6 Å². The number of phenols is 1. The summed E-state index contributed by atoms with van der Waals surface area (Å²) < 4.78 is 0. The smallest absolute Gasteiger partial charge is 0.334 e. The lowest BCUT2D eigenvalue weighted by Crippen LogP contribution is -2.76. The van der Waals surface area contributed by atoms with E-state index in [1.54, 1.807) is 57.3 Å². The topological polar surface area (TPSA) is 116 Å². The Balaban J connectivity index is 1.10. The van der Waals surface area contributed by atoms with Crippen molar-refractivity contribution in [2.24, 2.45) is 5.92 Å². The molecule has 2 aromatic carbocycles. The first kappa shape index (κ1) is 35.7. The molecule has 4 aliphatic rings. The van der Waals surface area contributed by atoms with Crippen LogP contribution in [0, 0.1) is 5.92 Å². The number of hydrogen-bond donors (Lipinski definition) is 2. The molecule has 1 unspecified atom stereocenters. The second kappa shape index (κ2) is 15.9. The van der Waals surface area contributed by atoms with Crippen molar-refractivity contribution in [3.8, 4) is 5.75 Å². The number of piperazine rings is 2. The van der Waals surface area contributed by atoms with Gasteiger partial charge in [-0.2, -0.15) is 0 Å². The van der Waals surface area contributed by atoms with Crippen LogP contribution in [0.25, 0.3) is 0 Å². The number of benzene rings is 2. The molecular weight excluding hydrogens is 656 g/mol. The van der Waals surface area contributed by atoms with Gasteiger partial charge in [0, 0.05) is 64.0 Å². The number of rotatable bonds is 9. The number of hydrogen-bond acceptors (Lipinski definition) is 8. The molecule has 3 aliphatic heterocycles. The highest BCUT2D eigenvalue weighted by molar-refractivity contribution is 5.91. The molecule has 1 aliphatic carbocycles. The van der Waals surface area contributed by atoms with E-state index in [4.69, 9.17) is 4.98 Å². The molecule has 0 spiro atoms. The van der Waals surface area contributed by atoms with Crippen LogP contribution in [0.1, 0.15) is 48.8 Å². The molecule has 12 heteroatoms. The molecule has 1 saturated carbocycles. The number of aryl methyl sites for hydroxylation is 1. The number of hydrazine groups is 1. The van der Waals surface area contributed by atoms with Gasteiger partial charge in [0.2, 0.25) is 11.8 Å². The number of urea groups is 1. The molecule has 4 amide bonds. The first-order valence-electron chi connectivity index (χ1n) is 18.8. The van der Waals surface area contributed by atoms with E-state index >= 15 is 0 Å². The normalized spacial score (nSPS) is 24.6. The van der Waals surface area contributed by atoms with Crippen molar-refractivity contribution >= 4 is 23.7 Å². The SMILES string of the molecule is CN1CCN(c2ncccc2CN2CC3N(C(=O)CN(C)N3C(=O)NC3CCC(CCc4ccccc4)CC3)[C@@H](Cc3ccc(O)cc3)C2=O)CC1. The molecule has 4 heterocycles. The minimum absolute atomic E-state index is 0.00827. The maximum absolute atomic E-state index is 14.5. The van der Waals surface area contributed by atoms with Crippen LogP contribution in [0.5, 0.6) is 5.75 Å². The Labute approximate surface area is 306 Å². The third-order valence-electron chi connectivity index (χ3n) is 11.4. The number of nitrogens with zero attached hydrogens (tertiary/aromatic N) is 7. The number of likely N-dealkylation sites (N-methyl/N-ethyl adjacent to an activating group) is 2. The van der Waals surface area contributed by atoms with Crippen molar-refractivity contribution in [1.82, 2.24) is 35.0 Å². The first-order chi connectivity index (χ1) is 25.2. The number of amides is 4. The second-order valence-electron chi connectivity index (χ2n) is 15.0. The van der Waals surface area contributed by atoms with Gasteiger partial charge in [-0.05, 0) is 80.8 Å². The average Bonchev–Trinajstić information content (AvgIpc) is 3.15. The highest BCUT2D eigenvalue weighted by atomic mass is 16.3. The number of anilines is 1. The molecule has 3 aromatic rings. The minimum Gasteiger partial charge on any atom is -0.508 e. The Hall–Kier alpha value is -4.68. The molecule has 0 bridgehead atoms. The molecular formula is C40H52N8O4. The van der Waals surface area contributed by atoms with Gasteiger partial charge in [0.25, 0.3) is 0 Å². The minimum atomic E-state index is -0.816. The summed E-state index contributed by atoms with van der Waals surface area (Å²) in [5.41, 5.74) is 3.13. The number of carbonyl (C=O) groups is 3. The van der Waals surface area contributed by atoms with E-state index < -0.39 is 12.2 Å². The Kier molecular flexibility index (Phi) is 10.9. The first-order valence-corrected chi connectivity index (χ1v) is 18.8. The number of aromatic nitrogens is 1. The van der Waals surface area contributed by atoms with Gasteiger partial charge < -0.3 is 30.0 Å². The van der Waals surface area contributed by atoms with Crippen LogP contribution in [0.3, 0.4) is 0 Å². The van der Waals surface area contributed by atoms with Gasteiger partial charge >= 0.3 is 6.03 Å². The molecule has 3 saturated heterocycles. The number of phenolic OH excluding ortho intramolecular Hbond substituents is 1. The van der Waals surface area contributed by atoms with Gasteiger partial charge in [-0.3, -0.25) is 9.59 Å². The predicted octanol–water partition coefficient (Wildman–Crippen LogP) is 3.71. The summed E-state index contributed by atoms with van der Waals surface area (Å²) in [6, 6.07) is 20.3. The van der Waals surface area contributed by atoms with E-state index in [1.807, 2.05) is 12.1 Å². The van der Waals surface area contributed by atoms with E-state index in [-0.39, 0.29) is 49.1 Å². The second-order valence-corrected chi connectivity index (χ2v) is 15.0. The van der Waals surface area contributed by atoms with Crippen molar-refractivity contribution in [2.75, 3.05) is 58.3 Å². The molecule has 1 aromatic heterocycles. The van der Waals surface area contributed by atoms with E-state index in [9.17, 15) is 19.5 Å². The van der Waals surface area contributed by atoms with Crippen LogP contribution in [-0.2, 0) is 29.0 Å². The molecule has 12 nitrogen and oxygen atoms in total. The molecule has 52 heavy (non-hydrogen) atoms. The number of fused-ring (bicyclic) bond motifs is 1. The maximum Gasteiger partial charge on any atom is 0.334 e. The molecule has 4 fully saturated rings. The quantitative estimate of drug-likeness (QED) is 0.346. The van der Waals surface area contributed by atoms with Gasteiger partial charge in [-0.1, -0.05) is 48.5 Å². The van der Waals surface area contributed by atoms with E-state index in [1.165, 1.54) is 5.56 Å². The summed E-state index contributed by atoms with van der Waals surface area (Å²) in [5.74, 6) is 1.29. The fraction of sp³-hybridized carbons (Fsp3) is 0.500. The van der Waals surface area contributed by atoms with Crippen molar-refractivity contribution in [3.63, 3.8) is 0 Å². The Morgan fingerprint density at radius 2 is 1.62 bits per heavy atom. The highest BCUT2D eigenvalue weighted by Crippen LogP contribution is 2.32. The lowest BCUT2D eigenvalue weighted by molar-refractivity contribution is -0.187. The fourth-order valence-electron chi connectivity index (χ4n) is 8.42. The summed E-state index contributed by atoms with van der Waals surface area (Å²) in [7, 11) is 3.89. The van der Waals surface area contributed by atoms with Crippen LogP contribution in [0.2, 0.25) is 0 Å². The van der Waals surface area contributed by atoms with Crippen LogP contribution in [0.4, 0.5) is 10.6 Å². The van der Waals surface area contributed by atoms with Gasteiger partial charge in [-0.15, -0.1) is 0 Å². The zero-order valence-corrected chi connectivity index (χ0v) is 30.4. The van der Waals surface area contributed by atoms with Crippen LogP contribution in [-0.4, -0.2) is 124 Å². The zero-order valence-electron chi connectivity index (χ0n) is 30.4. The monoisotopic (exact) mass is 708 g/mol. The van der Waals surface area contributed by atoms with Crippen molar-refractivity contribution in [2.45, 2.75) is 69.7 Å². The van der Waals surface area contributed by atoms with E-state index in [2.05, 4.69) is 52.5 Å². The Bertz CT molecular complexity index is 1690. The van der Waals surface area contributed by atoms with Gasteiger partial charge in [-0.25, -0.2) is 19.8 Å². The standard InChI is InChI=1S/C40H52N8O4/c1-43-21-23-45(24-22-43)38-32(9-6-20-41-38)26-46-27-36-47(35(39(46)51)25-31-14-18-34(49)19-15-31)37(50)28-44(2)48(36)40(52)42-33-16-12-30(13-17-33)11-10-29-7-4-3-5-8-29/h3-9,14-15,18-20,30,33,35-36,49H,10-13,16-17,21-28H2,1-2H3,(H,42,52)/t30?,33?,35-,36?/m0/s1. The molecule has 276 valence electrons. The van der Waals surface area contributed by atoms with Crippen molar-refractivity contribution in [3.05, 3.63) is 89.6 Å². The molecule has 2 atom stereocenters. The van der Waals surface area contributed by atoms with Gasteiger partial charge in [0.1, 0.15) is 23.8 Å². The lowest BCUT2D eigenvalue weighted by Gasteiger charge is -2.54. The summed E-state index contributed by atoms with van der Waals surface area (Å²) >= 11 is 0. The fourth-order valence-corrected chi connectivity index (χ4v) is 8.42. The maximum atomic E-state index is 14.5. The summed E-state index contributed by atoms with van der Waals surface area (Å²) in [5, 5.41) is 16.6. The van der Waals surface area contributed by atoms with Crippen LogP contribution in [0.15, 0.2) is 72.9 Å². The Morgan fingerprint density at radius 1 is 0.885 bits per heavy atom. The lowest BCUT2D eigenvalue weighted by atomic mass is 9.83. The number of carbonyl (C=O) groups excluding carboxylic acids is 3. The summed E-state index contributed by atoms with van der Waals surface area (Å²) in [6.07, 6.45) is 7.57. The number of pyridine rings is 1. The third-order valence-corrected chi connectivity index (χ3v) is 11.4. The molecule has 7 rings (SSSR count). The largest absolute Gasteiger partial charge is 0.508 e. The Morgan fingerprint density at radius 3 is 2.35 bits per heavy atom. The van der Waals surface area contributed by atoms with Gasteiger partial charge in [0.15, 0.2) is 0 Å². The zero-order chi connectivity index (χ0) is 36.2. The summed E-state index contributed by atoms with van der Waals surface area (Å²) in [6.45, 7) is 4.03. The molecule has 2 N–H and O–H groups in total. The summed E-state index contributed by atoms with van der Waals surface area (Å²) in [4.78, 5) is 55.3. The van der Waals surface area contributed by atoms with Crippen molar-refractivity contribution in [1.29, 1.82) is 0 Å². The average molecular weight is 709 g/mol. The van der Waals surface area contributed by atoms with E-state index in [0.29, 0.717) is 12.5 Å². The third kappa shape index (κ3) is 8.03. The number of aromatic hydroxyl groups is 1. The number of nitrogens with one attached hydrogen (secondary N) is 1. The van der Waals surface area contributed by atoms with Crippen LogP contribution < -0.4 is 10.2 Å². The van der Waals surface area contributed by atoms with Crippen LogP contribution >= 0.6 is 0 Å².